The second kappa shape index (κ2) is 7.74. The van der Waals surface area contributed by atoms with Crippen LogP contribution in [0.15, 0.2) is 12.1 Å². The van der Waals surface area contributed by atoms with Crippen LogP contribution >= 0.6 is 0 Å². The summed E-state index contributed by atoms with van der Waals surface area (Å²) in [6, 6.07) is 2.77. The molecule has 5 heteroatoms. The first-order valence-electron chi connectivity index (χ1n) is 6.33. The lowest BCUT2D eigenvalue weighted by molar-refractivity contribution is 0.0600. The molecular formula is C14H20FNO3. The number of hydrogen-bond donors (Lipinski definition) is 2. The number of carbonyl (C=O) groups is 1. The largest absolute Gasteiger partial charge is 0.465 e. The van der Waals surface area contributed by atoms with Gasteiger partial charge in [-0.1, -0.05) is 0 Å². The number of esters is 1. The number of unbranched alkanes of at least 4 members (excludes halogenated alkanes) is 2. The van der Waals surface area contributed by atoms with Crippen molar-refractivity contribution in [1.29, 1.82) is 0 Å². The SMILES string of the molecule is COC(=O)c1cc(F)c(C)c(NCCCCCO)c1. The van der Waals surface area contributed by atoms with E-state index in [1.54, 1.807) is 13.0 Å². The van der Waals surface area contributed by atoms with Crippen molar-refractivity contribution in [3.8, 4) is 0 Å². The van der Waals surface area contributed by atoms with Crippen LogP contribution in [-0.4, -0.2) is 31.3 Å². The highest BCUT2D eigenvalue weighted by Gasteiger charge is 2.12. The molecule has 2 N–H and O–H groups in total. The Bertz CT molecular complexity index is 435. The summed E-state index contributed by atoms with van der Waals surface area (Å²) in [5, 5.41) is 11.8. The topological polar surface area (TPSA) is 58.6 Å². The van der Waals surface area contributed by atoms with E-state index in [9.17, 15) is 9.18 Å². The third-order valence-electron chi connectivity index (χ3n) is 2.92. The number of halogens is 1. The Morgan fingerprint density at radius 2 is 2.11 bits per heavy atom. The van der Waals surface area contributed by atoms with Crippen molar-refractivity contribution in [3.05, 3.63) is 29.1 Å². The van der Waals surface area contributed by atoms with Crippen molar-refractivity contribution in [3.63, 3.8) is 0 Å². The van der Waals surface area contributed by atoms with E-state index in [4.69, 9.17) is 5.11 Å². The van der Waals surface area contributed by atoms with Crippen LogP contribution in [0.4, 0.5) is 10.1 Å². The van der Waals surface area contributed by atoms with Gasteiger partial charge in [0.2, 0.25) is 0 Å². The van der Waals surface area contributed by atoms with Crippen molar-refractivity contribution in [2.45, 2.75) is 26.2 Å². The van der Waals surface area contributed by atoms with Gasteiger partial charge in [0, 0.05) is 24.4 Å². The van der Waals surface area contributed by atoms with Gasteiger partial charge in [0.15, 0.2) is 0 Å². The Labute approximate surface area is 112 Å². The van der Waals surface area contributed by atoms with E-state index in [1.807, 2.05) is 0 Å². The quantitative estimate of drug-likeness (QED) is 0.590. The standard InChI is InChI=1S/C14H20FNO3/c1-10-12(15)8-11(14(18)19-2)9-13(10)16-6-4-3-5-7-17/h8-9,16-17H,3-7H2,1-2H3. The Hall–Kier alpha value is -1.62. The minimum Gasteiger partial charge on any atom is -0.465 e. The highest BCUT2D eigenvalue weighted by Crippen LogP contribution is 2.21. The number of methoxy groups -OCH3 is 1. The van der Waals surface area contributed by atoms with Crippen molar-refractivity contribution in [2.24, 2.45) is 0 Å². The predicted molar refractivity (Wildman–Crippen MR) is 71.9 cm³/mol. The van der Waals surface area contributed by atoms with E-state index >= 15 is 0 Å². The van der Waals surface area contributed by atoms with E-state index in [1.165, 1.54) is 13.2 Å². The summed E-state index contributed by atoms with van der Waals surface area (Å²) < 4.78 is 18.3. The summed E-state index contributed by atoms with van der Waals surface area (Å²) in [7, 11) is 1.27. The number of benzene rings is 1. The molecule has 1 aromatic rings. The molecule has 0 atom stereocenters. The average molecular weight is 269 g/mol. The minimum absolute atomic E-state index is 0.186. The van der Waals surface area contributed by atoms with Gasteiger partial charge in [-0.15, -0.1) is 0 Å². The molecule has 19 heavy (non-hydrogen) atoms. The molecule has 0 aliphatic heterocycles. The van der Waals surface area contributed by atoms with E-state index in [0.717, 1.165) is 19.3 Å². The third kappa shape index (κ3) is 4.52. The lowest BCUT2D eigenvalue weighted by Crippen LogP contribution is -2.08. The van der Waals surface area contributed by atoms with Gasteiger partial charge in [-0.25, -0.2) is 9.18 Å². The Balaban J connectivity index is 2.70. The first kappa shape index (κ1) is 15.4. The first-order chi connectivity index (χ1) is 9.10. The Morgan fingerprint density at radius 3 is 2.74 bits per heavy atom. The van der Waals surface area contributed by atoms with Crippen LogP contribution in [0.5, 0.6) is 0 Å². The van der Waals surface area contributed by atoms with Gasteiger partial charge in [0.1, 0.15) is 5.82 Å². The zero-order chi connectivity index (χ0) is 14.3. The third-order valence-corrected chi connectivity index (χ3v) is 2.92. The van der Waals surface area contributed by atoms with Crippen LogP contribution < -0.4 is 5.32 Å². The zero-order valence-corrected chi connectivity index (χ0v) is 11.3. The number of aliphatic hydroxyl groups is 1. The molecule has 0 fully saturated rings. The monoisotopic (exact) mass is 269 g/mol. The van der Waals surface area contributed by atoms with Crippen LogP contribution in [0.25, 0.3) is 0 Å². The Kier molecular flexibility index (Phi) is 6.29. The molecule has 0 saturated heterocycles. The van der Waals surface area contributed by atoms with Crippen LogP contribution in [0.2, 0.25) is 0 Å². The van der Waals surface area contributed by atoms with Gasteiger partial charge in [-0.3, -0.25) is 0 Å². The Morgan fingerprint density at radius 1 is 1.37 bits per heavy atom. The number of rotatable bonds is 7. The van der Waals surface area contributed by atoms with Crippen molar-refractivity contribution >= 4 is 11.7 Å². The van der Waals surface area contributed by atoms with Gasteiger partial charge in [0.25, 0.3) is 0 Å². The summed E-state index contributed by atoms with van der Waals surface area (Å²) in [4.78, 5) is 11.4. The molecule has 1 aromatic carbocycles. The van der Waals surface area contributed by atoms with E-state index in [0.29, 0.717) is 17.8 Å². The molecule has 0 radical (unpaired) electrons. The van der Waals surface area contributed by atoms with Crippen molar-refractivity contribution in [1.82, 2.24) is 0 Å². The molecule has 0 heterocycles. The molecule has 0 aromatic heterocycles. The van der Waals surface area contributed by atoms with Gasteiger partial charge in [-0.2, -0.15) is 0 Å². The number of aliphatic hydroxyl groups excluding tert-OH is 1. The smallest absolute Gasteiger partial charge is 0.338 e. The van der Waals surface area contributed by atoms with E-state index in [-0.39, 0.29) is 12.2 Å². The van der Waals surface area contributed by atoms with Gasteiger partial charge in [0.05, 0.1) is 12.7 Å². The fraction of sp³-hybridized carbons (Fsp3) is 0.500. The molecule has 1 rings (SSSR count). The molecule has 0 bridgehead atoms. The lowest BCUT2D eigenvalue weighted by Gasteiger charge is -2.12. The van der Waals surface area contributed by atoms with Crippen molar-refractivity contribution < 1.29 is 19.0 Å². The number of nitrogens with one attached hydrogen (secondary N) is 1. The number of hydrogen-bond acceptors (Lipinski definition) is 4. The fourth-order valence-electron chi connectivity index (χ4n) is 1.73. The number of anilines is 1. The predicted octanol–water partition coefficient (Wildman–Crippen LogP) is 2.50. The van der Waals surface area contributed by atoms with E-state index < -0.39 is 11.8 Å². The van der Waals surface area contributed by atoms with Gasteiger partial charge in [-0.05, 0) is 38.3 Å². The maximum Gasteiger partial charge on any atom is 0.338 e. The van der Waals surface area contributed by atoms with Gasteiger partial charge >= 0.3 is 5.97 Å². The summed E-state index contributed by atoms with van der Waals surface area (Å²) in [5.74, 6) is -0.983. The molecule has 0 spiro atoms. The van der Waals surface area contributed by atoms with Crippen molar-refractivity contribution in [2.75, 3.05) is 25.6 Å². The minimum atomic E-state index is -0.553. The molecule has 0 amide bonds. The molecule has 4 nitrogen and oxygen atoms in total. The fourth-order valence-corrected chi connectivity index (χ4v) is 1.73. The maximum atomic E-state index is 13.7. The normalized spacial score (nSPS) is 10.3. The van der Waals surface area contributed by atoms with Crippen LogP contribution in [0, 0.1) is 12.7 Å². The second-order valence-corrected chi connectivity index (χ2v) is 4.33. The molecule has 0 aliphatic rings. The lowest BCUT2D eigenvalue weighted by atomic mass is 10.1. The van der Waals surface area contributed by atoms with Crippen LogP contribution in [-0.2, 0) is 4.74 Å². The summed E-state index contributed by atoms with van der Waals surface area (Å²) in [6.07, 6.45) is 2.54. The zero-order valence-electron chi connectivity index (χ0n) is 11.3. The van der Waals surface area contributed by atoms with Crippen LogP contribution in [0.1, 0.15) is 35.2 Å². The second-order valence-electron chi connectivity index (χ2n) is 4.33. The molecule has 106 valence electrons. The molecule has 0 aliphatic carbocycles. The van der Waals surface area contributed by atoms with Gasteiger partial charge < -0.3 is 15.2 Å². The highest BCUT2D eigenvalue weighted by molar-refractivity contribution is 5.90. The summed E-state index contributed by atoms with van der Waals surface area (Å²) >= 11 is 0. The van der Waals surface area contributed by atoms with Crippen LogP contribution in [0.3, 0.4) is 0 Å². The first-order valence-corrected chi connectivity index (χ1v) is 6.33. The average Bonchev–Trinajstić information content (AvgIpc) is 2.41. The molecular weight excluding hydrogens is 249 g/mol. The summed E-state index contributed by atoms with van der Waals surface area (Å²) in [5.41, 5.74) is 1.28. The number of carbonyl (C=O) groups excluding carboxylic acids is 1. The van der Waals surface area contributed by atoms with E-state index in [2.05, 4.69) is 10.1 Å². The summed E-state index contributed by atoms with van der Waals surface area (Å²) in [6.45, 7) is 2.52. The molecule has 0 unspecified atom stereocenters. The number of ether oxygens (including phenoxy) is 1. The molecule has 0 saturated carbocycles. The maximum absolute atomic E-state index is 13.7. The highest BCUT2D eigenvalue weighted by atomic mass is 19.1.